The number of rotatable bonds is 2. The fourth-order valence-electron chi connectivity index (χ4n) is 4.86. The number of hydrogen-bond acceptors (Lipinski definition) is 3. The topological polar surface area (TPSA) is 57.4 Å². The number of fused-ring (bicyclic) bond motifs is 8. The van der Waals surface area contributed by atoms with E-state index in [0.29, 0.717) is 0 Å². The van der Waals surface area contributed by atoms with Gasteiger partial charge in [-0.25, -0.2) is 9.97 Å². The van der Waals surface area contributed by atoms with E-state index in [1.54, 1.807) is 11.3 Å². The second-order valence-corrected chi connectivity index (χ2v) is 13.7. The molecule has 2 aliphatic heterocycles. The van der Waals surface area contributed by atoms with Crippen molar-refractivity contribution in [2.45, 2.75) is 6.92 Å². The van der Waals surface area contributed by atoms with E-state index in [-0.39, 0.29) is 0 Å². The Hall–Kier alpha value is -2.29. The third-order valence-corrected chi connectivity index (χ3v) is 10.7. The van der Waals surface area contributed by atoms with Crippen LogP contribution in [-0.2, 0) is 0 Å². The Morgan fingerprint density at radius 3 is 2.23 bits per heavy atom. The van der Waals surface area contributed by atoms with Crippen LogP contribution in [0.2, 0.25) is 0 Å². The van der Waals surface area contributed by atoms with E-state index in [0.717, 1.165) is 63.1 Å². The number of H-pyrrole nitrogens is 2. The van der Waals surface area contributed by atoms with Crippen LogP contribution < -0.4 is 0 Å². The van der Waals surface area contributed by atoms with Gasteiger partial charge in [-0.2, -0.15) is 0 Å². The Balaban J connectivity index is 1.68. The summed E-state index contributed by atoms with van der Waals surface area (Å²) in [6, 6.07) is 19.5. The molecule has 0 fully saturated rings. The zero-order valence-corrected chi connectivity index (χ0v) is 27.8. The third kappa shape index (κ3) is 4.82. The van der Waals surface area contributed by atoms with Crippen LogP contribution in [0.3, 0.4) is 0 Å². The van der Waals surface area contributed by atoms with Crippen molar-refractivity contribution in [1.82, 2.24) is 19.9 Å². The van der Waals surface area contributed by atoms with Crippen molar-refractivity contribution in [3.8, 4) is 21.6 Å². The molecule has 2 aliphatic rings. The minimum absolute atomic E-state index is 0.920. The van der Waals surface area contributed by atoms with Crippen molar-refractivity contribution in [2.75, 3.05) is 0 Å². The highest BCUT2D eigenvalue weighted by Crippen LogP contribution is 2.39. The molecule has 7 rings (SSSR count). The van der Waals surface area contributed by atoms with Gasteiger partial charge in [-0.1, -0.05) is 12.1 Å². The summed E-state index contributed by atoms with van der Waals surface area (Å²) in [4.78, 5) is 18.7. The zero-order chi connectivity index (χ0) is 26.7. The van der Waals surface area contributed by atoms with Gasteiger partial charge >= 0.3 is 0 Å². The number of aromatic nitrogens is 4. The first kappa shape index (κ1) is 25.7. The summed E-state index contributed by atoms with van der Waals surface area (Å²) in [5.41, 5.74) is 12.6. The lowest BCUT2D eigenvalue weighted by atomic mass is 10.0. The first-order chi connectivity index (χ1) is 18.9. The van der Waals surface area contributed by atoms with Crippen molar-refractivity contribution in [3.05, 3.63) is 99.0 Å². The quantitative estimate of drug-likeness (QED) is 0.170. The zero-order valence-electron chi connectivity index (χ0n) is 20.5. The number of hydrogen-bond donors (Lipinski definition) is 2. The summed E-state index contributed by atoms with van der Waals surface area (Å²) in [5, 5.41) is 2.20. The van der Waals surface area contributed by atoms with Gasteiger partial charge in [0.1, 0.15) is 0 Å². The predicted molar refractivity (Wildman–Crippen MR) is 190 cm³/mol. The van der Waals surface area contributed by atoms with Crippen LogP contribution in [0, 0.1) is 17.6 Å². The number of nitrogens with one attached hydrogen (secondary N) is 2. The highest BCUT2D eigenvalue weighted by molar-refractivity contribution is 14.1. The Morgan fingerprint density at radius 2 is 1.49 bits per heavy atom. The van der Waals surface area contributed by atoms with Crippen LogP contribution in [0.5, 0.6) is 0 Å². The van der Waals surface area contributed by atoms with Gasteiger partial charge in [-0.05, 0) is 158 Å². The Labute approximate surface area is 270 Å². The van der Waals surface area contributed by atoms with Crippen LogP contribution in [0.15, 0.2) is 60.0 Å². The summed E-state index contributed by atoms with van der Waals surface area (Å²) in [6.45, 7) is 2.14. The molecule has 0 amide bonds. The van der Waals surface area contributed by atoms with Crippen LogP contribution >= 0.6 is 79.1 Å². The van der Waals surface area contributed by atoms with Gasteiger partial charge < -0.3 is 9.97 Å². The molecule has 1 aromatic carbocycles. The average molecular weight is 860 g/mol. The highest BCUT2D eigenvalue weighted by atomic mass is 127. The lowest BCUT2D eigenvalue weighted by Gasteiger charge is -2.05. The number of nitrogens with zero attached hydrogens (tertiary/aromatic N) is 2. The molecule has 4 nitrogen and oxygen atoms in total. The number of thiophene rings is 1. The second-order valence-electron chi connectivity index (χ2n) is 9.42. The molecule has 0 unspecified atom stereocenters. The first-order valence-corrected chi connectivity index (χ1v) is 16.3. The fourth-order valence-corrected chi connectivity index (χ4v) is 7.60. The first-order valence-electron chi connectivity index (χ1n) is 12.2. The Morgan fingerprint density at radius 1 is 0.744 bits per heavy atom. The van der Waals surface area contributed by atoms with E-state index in [2.05, 4.69) is 169 Å². The van der Waals surface area contributed by atoms with Crippen molar-refractivity contribution >= 4 is 125 Å². The standard InChI is InChI=1S/C31H19I3N4S/c1-16-11-27(39-15-16)28-22-7-8-24(37-22)30(34)26-10-9-25(38-26)29(33)23-6-5-19(35-23)13-20-14-21(31(28)36-20)17-3-2-4-18(32)12-17/h2-15,36,38H,1H3. The van der Waals surface area contributed by atoms with Crippen LogP contribution in [-0.4, -0.2) is 19.9 Å². The van der Waals surface area contributed by atoms with Gasteiger partial charge in [0.2, 0.25) is 0 Å². The van der Waals surface area contributed by atoms with Crippen LogP contribution in [0.1, 0.15) is 28.3 Å². The molecule has 0 aliphatic carbocycles. The number of halogens is 3. The lowest BCUT2D eigenvalue weighted by Crippen LogP contribution is -1.87. The van der Waals surface area contributed by atoms with Gasteiger partial charge in [-0.3, -0.25) is 0 Å². The van der Waals surface area contributed by atoms with Crippen molar-refractivity contribution < 1.29 is 0 Å². The number of aryl methyl sites for hydroxylation is 1. The summed E-state index contributed by atoms with van der Waals surface area (Å²) >= 11 is 8.92. The summed E-state index contributed by atoms with van der Waals surface area (Å²) in [6.07, 6.45) is 8.43. The van der Waals surface area contributed by atoms with Gasteiger partial charge in [0.15, 0.2) is 0 Å². The molecular formula is C31H19I3N4S. The molecule has 8 heteroatoms. The summed E-state index contributed by atoms with van der Waals surface area (Å²) in [7, 11) is 0. The van der Waals surface area contributed by atoms with E-state index in [1.165, 1.54) is 19.6 Å². The molecule has 0 spiro atoms. The van der Waals surface area contributed by atoms with Gasteiger partial charge in [-0.15, -0.1) is 11.3 Å². The molecule has 5 aromatic rings. The monoisotopic (exact) mass is 860 g/mol. The van der Waals surface area contributed by atoms with Gasteiger partial charge in [0.25, 0.3) is 0 Å². The molecular weight excluding hydrogens is 841 g/mol. The van der Waals surface area contributed by atoms with E-state index in [1.807, 2.05) is 0 Å². The molecule has 4 aromatic heterocycles. The minimum atomic E-state index is 0.920. The summed E-state index contributed by atoms with van der Waals surface area (Å²) < 4.78 is 3.36. The maximum absolute atomic E-state index is 5.19. The maximum atomic E-state index is 5.19. The molecule has 6 heterocycles. The summed E-state index contributed by atoms with van der Waals surface area (Å²) in [5.74, 6) is 0. The lowest BCUT2D eigenvalue weighted by molar-refractivity contribution is 1.29. The fraction of sp³-hybridized carbons (Fsp3) is 0.0323. The SMILES string of the molecule is Cc1csc(-c2c3nc(c(I)c4ccc([nH]4)c(I)c4nc(cc5cc(-c6cccc(I)c6)c2[nH]5)C=C4)C=C3)c1. The molecule has 0 saturated heterocycles. The Bertz CT molecular complexity index is 2030. The van der Waals surface area contributed by atoms with Gasteiger partial charge in [0, 0.05) is 25.1 Å². The molecule has 8 bridgehead atoms. The van der Waals surface area contributed by atoms with E-state index in [9.17, 15) is 0 Å². The molecule has 39 heavy (non-hydrogen) atoms. The predicted octanol–water partition coefficient (Wildman–Crippen LogP) is 10.2. The molecule has 0 saturated carbocycles. The molecule has 190 valence electrons. The van der Waals surface area contributed by atoms with Crippen molar-refractivity contribution in [1.29, 1.82) is 0 Å². The second kappa shape index (κ2) is 10.3. The number of benzene rings is 1. The third-order valence-electron chi connectivity index (χ3n) is 6.67. The van der Waals surface area contributed by atoms with E-state index >= 15 is 0 Å². The maximum Gasteiger partial charge on any atom is 0.0792 e. The normalized spacial score (nSPS) is 12.4. The highest BCUT2D eigenvalue weighted by Gasteiger charge is 2.18. The van der Waals surface area contributed by atoms with E-state index < -0.39 is 0 Å². The van der Waals surface area contributed by atoms with Crippen LogP contribution in [0.4, 0.5) is 0 Å². The minimum Gasteiger partial charge on any atom is -0.354 e. The largest absolute Gasteiger partial charge is 0.354 e. The smallest absolute Gasteiger partial charge is 0.0792 e. The van der Waals surface area contributed by atoms with Gasteiger partial charge in [0.05, 0.1) is 46.5 Å². The molecule has 0 radical (unpaired) electrons. The molecule has 2 N–H and O–H groups in total. The van der Waals surface area contributed by atoms with E-state index in [4.69, 9.17) is 9.97 Å². The van der Waals surface area contributed by atoms with Crippen molar-refractivity contribution in [2.24, 2.45) is 0 Å². The van der Waals surface area contributed by atoms with Crippen LogP contribution in [0.25, 0.3) is 67.9 Å². The molecule has 0 atom stereocenters. The Kier molecular flexibility index (Phi) is 6.76. The average Bonchev–Trinajstić information content (AvgIpc) is 3.75. The number of aromatic amines is 2. The van der Waals surface area contributed by atoms with Crippen molar-refractivity contribution in [3.63, 3.8) is 0 Å².